The van der Waals surface area contributed by atoms with E-state index in [1.54, 1.807) is 36.4 Å². The molecule has 2 aromatic carbocycles. The minimum absolute atomic E-state index is 0.0862. The fourth-order valence-electron chi connectivity index (χ4n) is 4.07. The molecule has 200 valence electrons. The van der Waals surface area contributed by atoms with Crippen LogP contribution in [0.25, 0.3) is 0 Å². The van der Waals surface area contributed by atoms with Crippen molar-refractivity contribution in [2.24, 2.45) is 0 Å². The lowest BCUT2D eigenvalue weighted by atomic mass is 10.1. The molecule has 0 unspecified atom stereocenters. The van der Waals surface area contributed by atoms with Crippen molar-refractivity contribution in [2.75, 3.05) is 19.8 Å². The monoisotopic (exact) mass is 500 g/mol. The van der Waals surface area contributed by atoms with Crippen LogP contribution >= 0.6 is 0 Å². The molecule has 0 aromatic heterocycles. The number of aromatic carboxylic acids is 1. The Hall–Kier alpha value is -2.89. The van der Waals surface area contributed by atoms with Gasteiger partial charge in [0.15, 0.2) is 23.0 Å². The Morgan fingerprint density at radius 2 is 1.17 bits per heavy atom. The fourth-order valence-corrected chi connectivity index (χ4v) is 4.07. The van der Waals surface area contributed by atoms with E-state index in [0.29, 0.717) is 31.1 Å². The number of phenols is 1. The molecule has 0 radical (unpaired) electrons. The van der Waals surface area contributed by atoms with Crippen LogP contribution in [-0.2, 0) is 0 Å². The molecule has 0 saturated heterocycles. The zero-order valence-corrected chi connectivity index (χ0v) is 21.9. The summed E-state index contributed by atoms with van der Waals surface area (Å²) in [6, 6.07) is 11.7. The second kappa shape index (κ2) is 18.4. The molecule has 0 aliphatic carbocycles. The van der Waals surface area contributed by atoms with Crippen LogP contribution in [0.5, 0.6) is 23.0 Å². The molecule has 0 amide bonds. The Morgan fingerprint density at radius 3 is 1.81 bits per heavy atom. The molecular weight excluding hydrogens is 456 g/mol. The summed E-state index contributed by atoms with van der Waals surface area (Å²) in [4.78, 5) is 11.7. The van der Waals surface area contributed by atoms with Crippen LogP contribution in [0.2, 0.25) is 0 Å². The number of benzene rings is 2. The highest BCUT2D eigenvalue weighted by Gasteiger charge is 2.16. The van der Waals surface area contributed by atoms with Gasteiger partial charge in [-0.1, -0.05) is 95.8 Å². The molecule has 2 N–H and O–H groups in total. The van der Waals surface area contributed by atoms with E-state index in [1.165, 1.54) is 70.3 Å². The van der Waals surface area contributed by atoms with Gasteiger partial charge in [0.25, 0.3) is 0 Å². The molecule has 0 fully saturated rings. The maximum absolute atomic E-state index is 11.7. The Morgan fingerprint density at radius 1 is 0.639 bits per heavy atom. The summed E-state index contributed by atoms with van der Waals surface area (Å²) in [6.07, 6.45) is 15.8. The van der Waals surface area contributed by atoms with Gasteiger partial charge in [0.05, 0.1) is 19.8 Å². The van der Waals surface area contributed by atoms with Gasteiger partial charge in [0.1, 0.15) is 5.56 Å². The number of rotatable bonds is 21. The molecule has 6 nitrogen and oxygen atoms in total. The van der Waals surface area contributed by atoms with Crippen molar-refractivity contribution in [3.63, 3.8) is 0 Å². The van der Waals surface area contributed by atoms with E-state index >= 15 is 0 Å². The van der Waals surface area contributed by atoms with Crippen LogP contribution in [0, 0.1) is 0 Å². The van der Waals surface area contributed by atoms with Gasteiger partial charge in [-0.25, -0.2) is 4.79 Å². The lowest BCUT2D eigenvalue weighted by Gasteiger charge is -2.15. The number of hydrogen-bond donors (Lipinski definition) is 2. The third kappa shape index (κ3) is 11.7. The van der Waals surface area contributed by atoms with Gasteiger partial charge in [-0.3, -0.25) is 0 Å². The van der Waals surface area contributed by atoms with Crippen molar-refractivity contribution in [1.29, 1.82) is 0 Å². The molecule has 2 aromatic rings. The Kier molecular flexibility index (Phi) is 15.0. The van der Waals surface area contributed by atoms with Crippen LogP contribution in [0.4, 0.5) is 0 Å². The van der Waals surface area contributed by atoms with E-state index < -0.39 is 5.97 Å². The van der Waals surface area contributed by atoms with E-state index in [-0.39, 0.29) is 23.7 Å². The van der Waals surface area contributed by atoms with Crippen molar-refractivity contribution in [3.8, 4) is 23.0 Å². The van der Waals surface area contributed by atoms with Gasteiger partial charge >= 0.3 is 5.97 Å². The minimum atomic E-state index is -1.05. The molecule has 0 atom stereocenters. The smallest absolute Gasteiger partial charge is 0.339 e. The summed E-state index contributed by atoms with van der Waals surface area (Å²) in [6.45, 7) is 3.39. The molecule has 0 aliphatic rings. The molecule has 0 spiro atoms. The molecule has 0 saturated carbocycles. The first kappa shape index (κ1) is 29.3. The number of aromatic hydroxyl groups is 1. The first-order chi connectivity index (χ1) is 17.6. The zero-order valence-electron chi connectivity index (χ0n) is 21.9. The SMILES string of the molecule is CCCCCCCCCCCCCCOc1cccc(C(=O)O)c1OCCCOc1ccccc1O. The third-order valence-corrected chi connectivity index (χ3v) is 6.12. The molecular formula is C30H44O6. The van der Waals surface area contributed by atoms with Crippen LogP contribution in [0.3, 0.4) is 0 Å². The molecule has 0 aliphatic heterocycles. The molecule has 6 heteroatoms. The highest BCUT2D eigenvalue weighted by molar-refractivity contribution is 5.92. The Bertz CT molecular complexity index is 866. The van der Waals surface area contributed by atoms with E-state index in [0.717, 1.165) is 12.8 Å². The number of hydrogen-bond acceptors (Lipinski definition) is 5. The highest BCUT2D eigenvalue weighted by Crippen LogP contribution is 2.32. The summed E-state index contributed by atoms with van der Waals surface area (Å²) < 4.78 is 17.3. The second-order valence-corrected chi connectivity index (χ2v) is 9.19. The highest BCUT2D eigenvalue weighted by atomic mass is 16.5. The fraction of sp³-hybridized carbons (Fsp3) is 0.567. The van der Waals surface area contributed by atoms with Gasteiger partial charge < -0.3 is 24.4 Å². The van der Waals surface area contributed by atoms with E-state index in [2.05, 4.69) is 6.92 Å². The predicted molar refractivity (Wildman–Crippen MR) is 144 cm³/mol. The summed E-state index contributed by atoms with van der Waals surface area (Å²) in [5.41, 5.74) is 0.0869. The van der Waals surface area contributed by atoms with Crippen molar-refractivity contribution >= 4 is 5.97 Å². The molecule has 0 heterocycles. The van der Waals surface area contributed by atoms with Crippen LogP contribution in [0.1, 0.15) is 101 Å². The number of phenolic OH excluding ortho intramolecular Hbond substituents is 1. The van der Waals surface area contributed by atoms with Crippen LogP contribution in [0.15, 0.2) is 42.5 Å². The third-order valence-electron chi connectivity index (χ3n) is 6.12. The quantitative estimate of drug-likeness (QED) is 0.169. The van der Waals surface area contributed by atoms with Crippen molar-refractivity contribution in [1.82, 2.24) is 0 Å². The normalized spacial score (nSPS) is 10.8. The number of ether oxygens (including phenoxy) is 3. The van der Waals surface area contributed by atoms with Gasteiger partial charge in [-0.15, -0.1) is 0 Å². The maximum Gasteiger partial charge on any atom is 0.339 e. The first-order valence-electron chi connectivity index (χ1n) is 13.7. The average molecular weight is 501 g/mol. The molecule has 0 bridgehead atoms. The second-order valence-electron chi connectivity index (χ2n) is 9.19. The van der Waals surface area contributed by atoms with Crippen molar-refractivity contribution < 1.29 is 29.2 Å². The number of carboxylic acid groups (broad SMARTS) is 1. The summed E-state index contributed by atoms with van der Waals surface area (Å²) in [5.74, 6) is 0.162. The van der Waals surface area contributed by atoms with Crippen molar-refractivity contribution in [3.05, 3.63) is 48.0 Å². The summed E-state index contributed by atoms with van der Waals surface area (Å²) >= 11 is 0. The van der Waals surface area contributed by atoms with E-state index in [1.807, 2.05) is 0 Å². The van der Waals surface area contributed by atoms with Gasteiger partial charge in [-0.05, 0) is 30.7 Å². The molecule has 36 heavy (non-hydrogen) atoms. The van der Waals surface area contributed by atoms with Crippen molar-refractivity contribution in [2.45, 2.75) is 90.4 Å². The number of unbranched alkanes of at least 4 members (excludes halogenated alkanes) is 11. The standard InChI is InChI=1S/C30H44O6/c1-2-3-4-5-6-7-8-9-10-11-12-15-22-35-28-21-16-18-25(30(32)33)29(28)36-24-17-23-34-27-20-14-13-19-26(27)31/h13-14,16,18-21,31H,2-12,15,17,22-24H2,1H3,(H,32,33). The van der Waals surface area contributed by atoms with Gasteiger partial charge in [0, 0.05) is 6.42 Å². The Labute approximate surface area is 216 Å². The number of para-hydroxylation sites is 3. The lowest BCUT2D eigenvalue weighted by Crippen LogP contribution is -2.10. The lowest BCUT2D eigenvalue weighted by molar-refractivity contribution is 0.0690. The Balaban J connectivity index is 1.65. The van der Waals surface area contributed by atoms with E-state index in [9.17, 15) is 15.0 Å². The zero-order chi connectivity index (χ0) is 25.8. The first-order valence-corrected chi connectivity index (χ1v) is 13.7. The summed E-state index contributed by atoms with van der Waals surface area (Å²) in [5, 5.41) is 19.3. The van der Waals surface area contributed by atoms with Gasteiger partial charge in [-0.2, -0.15) is 0 Å². The number of carbonyl (C=O) groups is 1. The van der Waals surface area contributed by atoms with Crippen LogP contribution in [-0.4, -0.2) is 36.0 Å². The largest absolute Gasteiger partial charge is 0.504 e. The molecule has 2 rings (SSSR count). The number of carboxylic acids is 1. The summed E-state index contributed by atoms with van der Waals surface area (Å²) in [7, 11) is 0. The maximum atomic E-state index is 11.7. The minimum Gasteiger partial charge on any atom is -0.504 e. The van der Waals surface area contributed by atoms with Crippen LogP contribution < -0.4 is 14.2 Å². The average Bonchev–Trinajstić information content (AvgIpc) is 2.88. The van der Waals surface area contributed by atoms with E-state index in [4.69, 9.17) is 14.2 Å². The van der Waals surface area contributed by atoms with Gasteiger partial charge in [0.2, 0.25) is 0 Å². The predicted octanol–water partition coefficient (Wildman–Crippen LogP) is 8.02. The topological polar surface area (TPSA) is 85.2 Å².